The molecule has 24 atom stereocenters. The van der Waals surface area contributed by atoms with Gasteiger partial charge in [-0.05, 0) is 96.3 Å². The molecule has 826 valence electrons. The minimum absolute atomic E-state index is 0.00515. The Balaban J connectivity index is 0.910. The Morgan fingerprint density at radius 2 is 0.952 bits per heavy atom. The molecule has 145 heavy (non-hydrogen) atoms. The number of nitrogen functional groups attached to an aromatic ring is 1. The summed E-state index contributed by atoms with van der Waals surface area (Å²) in [5, 5.41) is 116. The summed E-state index contributed by atoms with van der Waals surface area (Å²) in [5.41, 5.74) is 4.92. The lowest BCUT2D eigenvalue weighted by Crippen LogP contribution is -2.64. The number of β-amino-alcohol motifs (C(OH)–C–C–N with tert-alkyl or cyclic N) is 1. The van der Waals surface area contributed by atoms with Crippen molar-refractivity contribution in [2.45, 2.75) is 355 Å². The van der Waals surface area contributed by atoms with Crippen LogP contribution in [0.25, 0.3) is 11.2 Å². The monoisotopic (exact) mass is 2130 g/mol. The van der Waals surface area contributed by atoms with Gasteiger partial charge in [-0.15, -0.1) is 5.50 Å². The molecule has 11 unspecified atom stereocenters. The Morgan fingerprint density at radius 3 is 1.47 bits per heavy atom. The fourth-order valence-corrected chi connectivity index (χ4v) is 19.9. The zero-order valence-electron chi connectivity index (χ0n) is 83.8. The van der Waals surface area contributed by atoms with Crippen molar-refractivity contribution in [3.05, 3.63) is 12.7 Å². The summed E-state index contributed by atoms with van der Waals surface area (Å²) in [5.74, 6) is -3.30. The molecule has 0 aromatic carbocycles. The minimum Gasteiger partial charge on any atom is -0.394 e. The van der Waals surface area contributed by atoms with Crippen molar-refractivity contribution < 1.29 is 190 Å². The number of anilines is 1. The van der Waals surface area contributed by atoms with Crippen molar-refractivity contribution in [2.75, 3.05) is 124 Å². The van der Waals surface area contributed by atoms with E-state index < -0.39 is 214 Å². The number of carbonyl (C=O) groups is 11. The highest BCUT2D eigenvalue weighted by atomic mass is 31.2. The lowest BCUT2D eigenvalue weighted by Gasteiger charge is -2.42. The number of imidazole rings is 1. The van der Waals surface area contributed by atoms with Crippen LogP contribution < -0.4 is 37.8 Å². The van der Waals surface area contributed by atoms with Crippen molar-refractivity contribution in [3.8, 4) is 0 Å². The van der Waals surface area contributed by atoms with E-state index in [1.165, 1.54) is 29.6 Å². The van der Waals surface area contributed by atoms with Crippen LogP contribution in [-0.4, -0.2) is 383 Å². The van der Waals surface area contributed by atoms with Gasteiger partial charge in [0.25, 0.3) is 5.52 Å². The van der Waals surface area contributed by atoms with E-state index in [1.807, 2.05) is 0 Å². The number of Topliss-reactive ketones (excluding diaryl/α,β-unsaturated/α-hetero) is 4. The molecular formula is C91H154N12O39P3+. The van der Waals surface area contributed by atoms with Gasteiger partial charge in [-0.2, -0.15) is 0 Å². The molecule has 0 radical (unpaired) electrons. The first-order valence-electron chi connectivity index (χ1n) is 50.5. The molecule has 0 spiro atoms. The summed E-state index contributed by atoms with van der Waals surface area (Å²) in [6, 6.07) is -3.12. The molecule has 51 nitrogen and oxygen atoms in total. The number of hydrogen-bond donors (Lipinski definition) is 19. The predicted molar refractivity (Wildman–Crippen MR) is 510 cm³/mol. The SMILES string of the molecule is [2H]N[P+](=O)CC(=O)P(=O)(O)OC[C@H]1O[C@@H](n2cnc3c(N)ncnc32)CC1OP(=O)(O)OC[C@@H]1C[C@@H](O)CN1C(=O)CCCCCCCCC(=O)NC(COCCC(=O)CCCCCC(=O)CCCCO[C@@H]1OC(CO)[C@H](O)[C@H](O)C1NC(C)=O)(COCCC(=O)CCCCNC(=O)CCCCO[C@@H]1OC(CO)[C@H](O)[C@H](O)C1C)COCCC(=O)NCCCCC(=O)CCCCO[C@@H]1OC(CO)[C@H](O)[C@H](O)C1NC(C)=O. The first-order valence-corrected chi connectivity index (χ1v) is 54.5. The quantitative estimate of drug-likeness (QED) is 0.0309. The Bertz CT molecular complexity index is 4370. The molecule has 0 saturated carbocycles. The number of phosphoric ester groups is 1. The molecule has 0 aliphatic carbocycles. The molecule has 21 N–H and O–H groups in total. The Labute approximate surface area is 844 Å². The molecule has 7 heterocycles. The lowest BCUT2D eigenvalue weighted by atomic mass is 9.92. The van der Waals surface area contributed by atoms with E-state index in [0.29, 0.717) is 129 Å². The minimum atomic E-state index is -5.19. The van der Waals surface area contributed by atoms with Crippen LogP contribution in [0.2, 0.25) is 1.41 Å². The van der Waals surface area contributed by atoms with Crippen molar-refractivity contribution in [1.82, 2.24) is 51.0 Å². The van der Waals surface area contributed by atoms with E-state index in [9.17, 15) is 127 Å². The average Bonchev–Trinajstić information content (AvgIpc) is 1.58. The van der Waals surface area contributed by atoms with Crippen molar-refractivity contribution >= 4 is 104 Å². The van der Waals surface area contributed by atoms with Gasteiger partial charge >= 0.3 is 23.4 Å². The van der Waals surface area contributed by atoms with E-state index >= 15 is 0 Å². The highest BCUT2D eigenvalue weighted by molar-refractivity contribution is 7.72. The van der Waals surface area contributed by atoms with Crippen LogP contribution in [0.15, 0.2) is 12.7 Å². The number of ether oxygens (including phenoxy) is 10. The fourth-order valence-electron chi connectivity index (χ4n) is 17.1. The second-order valence-electron chi connectivity index (χ2n) is 37.3. The number of likely N-dealkylation sites (tertiary alicyclic amines) is 1. The van der Waals surface area contributed by atoms with Crippen LogP contribution in [0.3, 0.4) is 0 Å². The number of rotatable bonds is 77. The smallest absolute Gasteiger partial charge is 0.394 e. The normalized spacial score (nSPS) is 26.3. The molecule has 2 aromatic rings. The molecule has 0 bridgehead atoms. The summed E-state index contributed by atoms with van der Waals surface area (Å²) in [7, 11) is -13.1. The molecule has 5 fully saturated rings. The Hall–Kier alpha value is -6.96. The fraction of sp³-hybridized carbons (Fsp3) is 0.824. The van der Waals surface area contributed by atoms with Gasteiger partial charge in [0, 0.05) is 143 Å². The molecule has 2 aromatic heterocycles. The zero-order chi connectivity index (χ0) is 107. The van der Waals surface area contributed by atoms with E-state index in [2.05, 4.69) is 41.5 Å². The van der Waals surface area contributed by atoms with Crippen LogP contribution in [0.1, 0.15) is 239 Å². The van der Waals surface area contributed by atoms with Crippen molar-refractivity contribution in [2.24, 2.45) is 11.4 Å². The number of aliphatic hydroxyl groups is 10. The molecule has 7 rings (SSSR count). The van der Waals surface area contributed by atoms with Crippen LogP contribution >= 0.6 is 23.4 Å². The highest BCUT2D eigenvalue weighted by Gasteiger charge is 2.50. The largest absolute Gasteiger partial charge is 0.472 e. The number of hydrogen-bond acceptors (Lipinski definition) is 41. The number of carbonyl (C=O) groups excluding carboxylic acids is 11. The molecule has 54 heteroatoms. The maximum Gasteiger partial charge on any atom is 0.472 e. The molecule has 5 aliphatic heterocycles. The first kappa shape index (κ1) is 123. The third-order valence-electron chi connectivity index (χ3n) is 25.3. The summed E-state index contributed by atoms with van der Waals surface area (Å²) < 4.78 is 122. The summed E-state index contributed by atoms with van der Waals surface area (Å²) in [6.07, 6.45) is -8.30. The zero-order valence-corrected chi connectivity index (χ0v) is 85.5. The number of phosphoric acid groups is 1. The van der Waals surface area contributed by atoms with E-state index in [4.69, 9.17) is 68.1 Å². The predicted octanol–water partition coefficient (Wildman–Crippen LogP) is 0.109. The number of nitrogens with zero attached hydrogens (tertiary/aromatic N) is 5. The number of ketones is 4. The third kappa shape index (κ3) is 44.5. The third-order valence-corrected chi connectivity index (χ3v) is 28.4. The van der Waals surface area contributed by atoms with Crippen LogP contribution in [-0.2, 0) is 127 Å². The summed E-state index contributed by atoms with van der Waals surface area (Å²) in [6.45, 7) is 0.464. The van der Waals surface area contributed by atoms with E-state index in [-0.39, 0.29) is 220 Å². The number of nitrogens with two attached hydrogens (primary N) is 2. The lowest BCUT2D eigenvalue weighted by molar-refractivity contribution is -0.282. The molecular weight excluding hydrogens is 1980 g/mol. The maximum atomic E-state index is 14.3. The van der Waals surface area contributed by atoms with Gasteiger partial charge in [-0.1, -0.05) is 43.6 Å². The van der Waals surface area contributed by atoms with Gasteiger partial charge in [0.2, 0.25) is 41.6 Å². The molecule has 6 amide bonds. The van der Waals surface area contributed by atoms with Gasteiger partial charge in [-0.3, -0.25) is 70.9 Å². The summed E-state index contributed by atoms with van der Waals surface area (Å²) >= 11 is 0. The van der Waals surface area contributed by atoms with Crippen LogP contribution in [0, 0.1) is 5.92 Å². The van der Waals surface area contributed by atoms with E-state index in [0.717, 1.165) is 6.33 Å². The van der Waals surface area contributed by atoms with Gasteiger partial charge in [-0.25, -0.2) is 19.5 Å². The molecule has 5 aliphatic rings. The van der Waals surface area contributed by atoms with Gasteiger partial charge in [0.1, 0.15) is 120 Å². The second-order valence-corrected chi connectivity index (χ2v) is 41.6. The van der Waals surface area contributed by atoms with Gasteiger partial charge in [0.05, 0.1) is 97.3 Å². The average molecular weight is 2130 g/mol. The number of aromatic nitrogens is 4. The maximum absolute atomic E-state index is 14.3. The van der Waals surface area contributed by atoms with Crippen molar-refractivity contribution in [1.29, 1.82) is 0 Å². The van der Waals surface area contributed by atoms with Gasteiger partial charge < -0.3 is 150 Å². The van der Waals surface area contributed by atoms with Crippen LogP contribution in [0.5, 0.6) is 0 Å². The first-order chi connectivity index (χ1) is 69.7. The number of amides is 6. The van der Waals surface area contributed by atoms with E-state index in [1.54, 1.807) is 12.4 Å². The standard InChI is InChI=1S/C91H153N12O39P3/c1-57-80(119)81(120)67(46-104)139-88(57)133-37-22-17-29-71(114)94-35-19-14-26-64(112)33-41-131-53-91(52-130-40-32-63(111)24-10-8-9-23-61(109)27-15-20-38-134-89-77(99-58(2)107)84(123)82(121)68(47-105)140-89,54-132-42-34-72(115)95-36-18-13-25-62(110)28-16-21-39-135-90-78(100-59(3)108)85(124)83(122)69(48-106)141-90)101-73(116)30-11-6-4-5-7-12-31-74(117)102-45-65(113)43-60(102)49-137-145(128,129)142-66-44-75(103-56-98-79-86(92)96-55-97-87(79)103)138-70(66)50-136-144(126,127)76(118)51-143(93)125/h55-57,60,65-70,75,77-78,80-85,88-90,104-106,113,119-124H,4-54H2,1-3H3,(H10-,92,93,94,95,96,97,99,100,101,107,108,114,115,116,125,126,127,128,129)/p+1/t57?,60-,65+,66?,67?,68?,69?,70+,75+,77?,78?,80+,81-,82-,83-,84+,85+,88+,89+,90+,91?/m0/s1/i/hD. The topological polar surface area (TPSA) is 761 Å². The van der Waals surface area contributed by atoms with Crippen LogP contribution in [0.4, 0.5) is 5.82 Å². The summed E-state index contributed by atoms with van der Waals surface area (Å²) in [4.78, 5) is 178. The van der Waals surface area contributed by atoms with Crippen molar-refractivity contribution in [3.63, 3.8) is 0 Å². The Morgan fingerprint density at radius 1 is 0.510 bits per heavy atom. The number of fused-ring (bicyclic) bond motifs is 1. The number of unbranched alkanes of at least 4 members (excludes halogenated alkanes) is 12. The number of nitrogens with one attached hydrogen (secondary N) is 5. The highest BCUT2D eigenvalue weighted by Crippen LogP contribution is 2.51. The Kier molecular flexibility index (Phi) is 56.1. The van der Waals surface area contributed by atoms with Gasteiger partial charge in [0.15, 0.2) is 31.7 Å². The molecule has 5 saturated heterocycles. The second kappa shape index (κ2) is 66.0. The number of aliphatic hydroxyl groups excluding tert-OH is 10.